The number of thiophene rings is 1. The molecule has 0 aliphatic carbocycles. The summed E-state index contributed by atoms with van der Waals surface area (Å²) in [4.78, 5) is 23.4. The van der Waals surface area contributed by atoms with Crippen LogP contribution in [-0.4, -0.2) is 27.2 Å². The third-order valence-corrected chi connectivity index (χ3v) is 3.58. The first kappa shape index (κ1) is 14.1. The predicted molar refractivity (Wildman–Crippen MR) is 75.4 cm³/mol. The van der Waals surface area contributed by atoms with Gasteiger partial charge < -0.3 is 10.4 Å². The second kappa shape index (κ2) is 5.79. The summed E-state index contributed by atoms with van der Waals surface area (Å²) in [6, 6.07) is 3.22. The van der Waals surface area contributed by atoms with Crippen LogP contribution in [0.15, 0.2) is 17.5 Å². The van der Waals surface area contributed by atoms with E-state index in [0.29, 0.717) is 29.1 Å². The molecule has 6 nitrogen and oxygen atoms in total. The molecule has 1 amide bonds. The van der Waals surface area contributed by atoms with Gasteiger partial charge in [0.2, 0.25) is 0 Å². The Kier molecular flexibility index (Phi) is 4.09. The molecule has 2 rings (SSSR count). The quantitative estimate of drug-likeness (QED) is 0.902. The molecule has 0 atom stereocenters. The van der Waals surface area contributed by atoms with Gasteiger partial charge in [-0.15, -0.1) is 11.3 Å². The lowest BCUT2D eigenvalue weighted by molar-refractivity contribution is 0.0703. The van der Waals surface area contributed by atoms with Crippen LogP contribution in [0.4, 0.5) is 5.69 Å². The zero-order valence-corrected chi connectivity index (χ0v) is 11.8. The standard InChI is InChI=1S/C13H13N3O3S/c1-3-9-8(6-7(2)15-16-9)12(17)14-10-4-5-20-11(10)13(18)19/h4-6H,3H2,1-2H3,(H,14,17)(H,18,19). The number of carbonyl (C=O) groups excluding carboxylic acids is 1. The number of carbonyl (C=O) groups is 2. The van der Waals surface area contributed by atoms with Crippen molar-refractivity contribution in [2.75, 3.05) is 5.32 Å². The fourth-order valence-corrected chi connectivity index (χ4v) is 2.42. The van der Waals surface area contributed by atoms with Crippen LogP contribution in [0, 0.1) is 6.92 Å². The van der Waals surface area contributed by atoms with Crippen molar-refractivity contribution in [1.29, 1.82) is 0 Å². The van der Waals surface area contributed by atoms with Gasteiger partial charge in [0.25, 0.3) is 5.91 Å². The predicted octanol–water partition coefficient (Wildman–Crippen LogP) is 2.36. The third-order valence-electron chi connectivity index (χ3n) is 2.68. The average Bonchev–Trinajstić information content (AvgIpc) is 2.87. The van der Waals surface area contributed by atoms with E-state index in [4.69, 9.17) is 5.11 Å². The molecule has 0 saturated carbocycles. The summed E-state index contributed by atoms with van der Waals surface area (Å²) in [5, 5.41) is 21.1. The minimum absolute atomic E-state index is 0.107. The Balaban J connectivity index is 2.30. The number of rotatable bonds is 4. The number of carboxylic acids is 1. The molecule has 2 aromatic rings. The molecule has 0 bridgehead atoms. The summed E-state index contributed by atoms with van der Waals surface area (Å²) in [6.07, 6.45) is 0.575. The topological polar surface area (TPSA) is 92.2 Å². The maximum Gasteiger partial charge on any atom is 0.348 e. The summed E-state index contributed by atoms with van der Waals surface area (Å²) >= 11 is 1.07. The first-order valence-electron chi connectivity index (χ1n) is 5.98. The van der Waals surface area contributed by atoms with Crippen LogP contribution < -0.4 is 5.32 Å². The molecule has 0 aliphatic heterocycles. The number of carboxylic acid groups (broad SMARTS) is 1. The van der Waals surface area contributed by atoms with Crippen molar-refractivity contribution in [3.05, 3.63) is 39.3 Å². The van der Waals surface area contributed by atoms with E-state index in [1.165, 1.54) is 0 Å². The van der Waals surface area contributed by atoms with Crippen molar-refractivity contribution in [3.8, 4) is 0 Å². The summed E-state index contributed by atoms with van der Waals surface area (Å²) in [6.45, 7) is 3.62. The molecule has 2 aromatic heterocycles. The Morgan fingerprint density at radius 2 is 2.15 bits per heavy atom. The highest BCUT2D eigenvalue weighted by Gasteiger charge is 2.17. The van der Waals surface area contributed by atoms with Crippen molar-refractivity contribution >= 4 is 28.9 Å². The molecule has 0 unspecified atom stereocenters. The van der Waals surface area contributed by atoms with Crippen molar-refractivity contribution in [2.45, 2.75) is 20.3 Å². The van der Waals surface area contributed by atoms with Gasteiger partial charge in [0, 0.05) is 0 Å². The maximum absolute atomic E-state index is 12.3. The number of hydrogen-bond donors (Lipinski definition) is 2. The number of nitrogens with zero attached hydrogens (tertiary/aromatic N) is 2. The van der Waals surface area contributed by atoms with E-state index < -0.39 is 5.97 Å². The normalized spacial score (nSPS) is 10.3. The van der Waals surface area contributed by atoms with Gasteiger partial charge in [0.1, 0.15) is 4.88 Å². The number of anilines is 1. The minimum Gasteiger partial charge on any atom is -0.477 e. The first-order chi connectivity index (χ1) is 9.52. The molecule has 2 heterocycles. The Labute approximate surface area is 119 Å². The second-order valence-corrected chi connectivity index (χ2v) is 5.04. The number of aryl methyl sites for hydroxylation is 2. The second-order valence-electron chi connectivity index (χ2n) is 4.12. The molecule has 0 saturated heterocycles. The lowest BCUT2D eigenvalue weighted by Gasteiger charge is -2.08. The van der Waals surface area contributed by atoms with Crippen LogP contribution in [-0.2, 0) is 6.42 Å². The summed E-state index contributed by atoms with van der Waals surface area (Å²) in [7, 11) is 0. The van der Waals surface area contributed by atoms with Crippen LogP contribution in [0.5, 0.6) is 0 Å². The largest absolute Gasteiger partial charge is 0.477 e. The van der Waals surface area contributed by atoms with E-state index in [2.05, 4.69) is 15.5 Å². The Morgan fingerprint density at radius 1 is 1.40 bits per heavy atom. The molecular formula is C13H13N3O3S. The van der Waals surface area contributed by atoms with Crippen LogP contribution in [0.2, 0.25) is 0 Å². The molecular weight excluding hydrogens is 278 g/mol. The molecule has 20 heavy (non-hydrogen) atoms. The van der Waals surface area contributed by atoms with Crippen LogP contribution in [0.1, 0.15) is 38.3 Å². The van der Waals surface area contributed by atoms with Crippen molar-refractivity contribution in [1.82, 2.24) is 10.2 Å². The molecule has 0 fully saturated rings. The van der Waals surface area contributed by atoms with Gasteiger partial charge >= 0.3 is 5.97 Å². The maximum atomic E-state index is 12.3. The number of aromatic nitrogens is 2. The molecule has 0 aliphatic rings. The molecule has 2 N–H and O–H groups in total. The molecule has 0 radical (unpaired) electrons. The van der Waals surface area contributed by atoms with Crippen molar-refractivity contribution in [2.24, 2.45) is 0 Å². The first-order valence-corrected chi connectivity index (χ1v) is 6.86. The van der Waals surface area contributed by atoms with Gasteiger partial charge in [-0.05, 0) is 30.9 Å². The van der Waals surface area contributed by atoms with Gasteiger partial charge in [0.05, 0.1) is 22.6 Å². The van der Waals surface area contributed by atoms with Crippen LogP contribution >= 0.6 is 11.3 Å². The number of nitrogens with one attached hydrogen (secondary N) is 1. The number of amides is 1. The third kappa shape index (κ3) is 2.83. The smallest absolute Gasteiger partial charge is 0.348 e. The van der Waals surface area contributed by atoms with Crippen molar-refractivity contribution < 1.29 is 14.7 Å². The zero-order valence-electron chi connectivity index (χ0n) is 11.0. The van der Waals surface area contributed by atoms with E-state index in [1.807, 2.05) is 6.92 Å². The van der Waals surface area contributed by atoms with Crippen molar-refractivity contribution in [3.63, 3.8) is 0 Å². The Hall–Kier alpha value is -2.28. The lowest BCUT2D eigenvalue weighted by atomic mass is 10.1. The van der Waals surface area contributed by atoms with Crippen LogP contribution in [0.3, 0.4) is 0 Å². The fraction of sp³-hybridized carbons (Fsp3) is 0.231. The Bertz CT molecular complexity index is 667. The number of aromatic carboxylic acids is 1. The molecule has 0 spiro atoms. The van der Waals surface area contributed by atoms with E-state index in [-0.39, 0.29) is 10.8 Å². The molecule has 104 valence electrons. The van der Waals surface area contributed by atoms with E-state index >= 15 is 0 Å². The van der Waals surface area contributed by atoms with Gasteiger partial charge in [0.15, 0.2) is 0 Å². The molecule has 0 aromatic carbocycles. The highest BCUT2D eigenvalue weighted by molar-refractivity contribution is 7.12. The van der Waals surface area contributed by atoms with Gasteiger partial charge in [-0.25, -0.2) is 4.79 Å². The van der Waals surface area contributed by atoms with Crippen LogP contribution in [0.25, 0.3) is 0 Å². The zero-order chi connectivity index (χ0) is 14.7. The highest BCUT2D eigenvalue weighted by atomic mass is 32.1. The SMILES string of the molecule is CCc1nnc(C)cc1C(=O)Nc1ccsc1C(=O)O. The summed E-state index contributed by atoms with van der Waals surface area (Å²) < 4.78 is 0. The highest BCUT2D eigenvalue weighted by Crippen LogP contribution is 2.23. The van der Waals surface area contributed by atoms with E-state index in [9.17, 15) is 9.59 Å². The lowest BCUT2D eigenvalue weighted by Crippen LogP contribution is -2.17. The summed E-state index contributed by atoms with van der Waals surface area (Å²) in [5.74, 6) is -1.43. The van der Waals surface area contributed by atoms with E-state index in [1.54, 1.807) is 24.4 Å². The number of hydrogen-bond acceptors (Lipinski definition) is 5. The van der Waals surface area contributed by atoms with Gasteiger partial charge in [-0.2, -0.15) is 10.2 Å². The fourth-order valence-electron chi connectivity index (χ4n) is 1.73. The Morgan fingerprint density at radius 3 is 2.80 bits per heavy atom. The minimum atomic E-state index is -1.06. The average molecular weight is 291 g/mol. The monoisotopic (exact) mass is 291 g/mol. The van der Waals surface area contributed by atoms with Gasteiger partial charge in [-0.1, -0.05) is 6.92 Å². The van der Waals surface area contributed by atoms with Gasteiger partial charge in [-0.3, -0.25) is 4.79 Å². The van der Waals surface area contributed by atoms with E-state index in [0.717, 1.165) is 11.3 Å². The molecule has 7 heteroatoms. The summed E-state index contributed by atoms with van der Waals surface area (Å²) in [5.41, 5.74) is 1.93.